The lowest BCUT2D eigenvalue weighted by atomic mass is 10.1. The molecule has 130 valence electrons. The van der Waals surface area contributed by atoms with Gasteiger partial charge in [-0.05, 0) is 30.4 Å². The van der Waals surface area contributed by atoms with E-state index in [1.807, 2.05) is 12.1 Å². The molecule has 1 aromatic heterocycles. The second-order valence-corrected chi connectivity index (χ2v) is 9.32. The maximum absolute atomic E-state index is 11.9. The molecule has 0 bridgehead atoms. The minimum Gasteiger partial charge on any atom is -0.355 e. The smallest absolute Gasteiger partial charge is 0.230 e. The number of nitrogens with zero attached hydrogens (tertiary/aromatic N) is 2. The van der Waals surface area contributed by atoms with Crippen LogP contribution in [0.15, 0.2) is 32.9 Å². The maximum Gasteiger partial charge on any atom is 0.230 e. The molecule has 2 aromatic rings. The summed E-state index contributed by atoms with van der Waals surface area (Å²) >= 11 is 4.74. The Labute approximate surface area is 156 Å². The van der Waals surface area contributed by atoms with Crippen molar-refractivity contribution in [2.75, 3.05) is 18.1 Å². The molecule has 1 aromatic carbocycles. The van der Waals surface area contributed by atoms with Gasteiger partial charge in [0, 0.05) is 12.3 Å². The molecule has 1 amide bonds. The number of hydrogen-bond acceptors (Lipinski definition) is 6. The average molecular weight is 382 g/mol. The molecule has 24 heavy (non-hydrogen) atoms. The Bertz CT molecular complexity index is 658. The number of nitrogens with one attached hydrogen (secondary N) is 1. The predicted octanol–water partition coefficient (Wildman–Crippen LogP) is 4.05. The third-order valence-electron chi connectivity index (χ3n) is 3.23. The van der Waals surface area contributed by atoms with Gasteiger partial charge in [0.05, 0.1) is 5.75 Å². The summed E-state index contributed by atoms with van der Waals surface area (Å²) in [4.78, 5) is 11.9. The highest BCUT2D eigenvalue weighted by atomic mass is 32.2. The van der Waals surface area contributed by atoms with Gasteiger partial charge in [0.15, 0.2) is 8.68 Å². The molecule has 0 unspecified atom stereocenters. The van der Waals surface area contributed by atoms with Gasteiger partial charge in [0.25, 0.3) is 0 Å². The number of hydrogen-bond donors (Lipinski definition) is 1. The SMILES string of the molecule is Cc1ccccc1CCNC(=O)CSc1nnc(SCC(C)C)s1. The quantitative estimate of drug-likeness (QED) is 0.664. The van der Waals surface area contributed by atoms with Gasteiger partial charge < -0.3 is 5.32 Å². The van der Waals surface area contributed by atoms with Gasteiger partial charge in [-0.25, -0.2) is 0 Å². The van der Waals surface area contributed by atoms with E-state index in [2.05, 4.69) is 48.4 Å². The summed E-state index contributed by atoms with van der Waals surface area (Å²) in [6.07, 6.45) is 0.859. The van der Waals surface area contributed by atoms with Gasteiger partial charge in [-0.3, -0.25) is 4.79 Å². The molecule has 0 radical (unpaired) electrons. The van der Waals surface area contributed by atoms with E-state index in [0.29, 0.717) is 18.2 Å². The van der Waals surface area contributed by atoms with Crippen LogP contribution in [-0.2, 0) is 11.2 Å². The normalized spacial score (nSPS) is 11.0. The molecule has 2 rings (SSSR count). The van der Waals surface area contributed by atoms with Crippen LogP contribution in [0.3, 0.4) is 0 Å². The first kappa shape index (κ1) is 19.3. The Morgan fingerprint density at radius 1 is 1.21 bits per heavy atom. The number of carbonyl (C=O) groups is 1. The highest BCUT2D eigenvalue weighted by Crippen LogP contribution is 2.29. The third kappa shape index (κ3) is 6.83. The van der Waals surface area contributed by atoms with E-state index >= 15 is 0 Å². The molecule has 4 nitrogen and oxygen atoms in total. The topological polar surface area (TPSA) is 54.9 Å². The van der Waals surface area contributed by atoms with E-state index in [1.54, 1.807) is 23.1 Å². The predicted molar refractivity (Wildman–Crippen MR) is 104 cm³/mol. The number of amides is 1. The summed E-state index contributed by atoms with van der Waals surface area (Å²) in [6.45, 7) is 7.13. The molecule has 0 aliphatic carbocycles. The summed E-state index contributed by atoms with van der Waals surface area (Å²) in [5.74, 6) is 2.10. The van der Waals surface area contributed by atoms with E-state index in [0.717, 1.165) is 20.9 Å². The van der Waals surface area contributed by atoms with Crippen LogP contribution < -0.4 is 5.32 Å². The monoisotopic (exact) mass is 381 g/mol. The van der Waals surface area contributed by atoms with Crippen molar-refractivity contribution in [3.05, 3.63) is 35.4 Å². The summed E-state index contributed by atoms with van der Waals surface area (Å²) in [7, 11) is 0. The van der Waals surface area contributed by atoms with E-state index in [4.69, 9.17) is 0 Å². The zero-order valence-corrected chi connectivity index (χ0v) is 16.7. The molecule has 0 spiro atoms. The van der Waals surface area contributed by atoms with Crippen LogP contribution in [0.25, 0.3) is 0 Å². The van der Waals surface area contributed by atoms with Crippen molar-refractivity contribution in [1.29, 1.82) is 0 Å². The minimum atomic E-state index is 0.0418. The van der Waals surface area contributed by atoms with Gasteiger partial charge in [-0.1, -0.05) is 73.0 Å². The molecule has 0 atom stereocenters. The summed E-state index contributed by atoms with van der Waals surface area (Å²) in [6, 6.07) is 8.26. The number of aromatic nitrogens is 2. The minimum absolute atomic E-state index is 0.0418. The summed E-state index contributed by atoms with van der Waals surface area (Å²) < 4.78 is 1.83. The molecule has 0 saturated carbocycles. The Hall–Kier alpha value is -1.05. The van der Waals surface area contributed by atoms with E-state index in [-0.39, 0.29) is 5.91 Å². The fraction of sp³-hybridized carbons (Fsp3) is 0.471. The first-order chi connectivity index (χ1) is 11.5. The van der Waals surface area contributed by atoms with E-state index < -0.39 is 0 Å². The second-order valence-electron chi connectivity index (χ2n) is 5.85. The molecule has 1 heterocycles. The molecular formula is C17H23N3OS3. The van der Waals surface area contributed by atoms with Crippen molar-refractivity contribution in [1.82, 2.24) is 15.5 Å². The Kier molecular flexibility index (Phi) is 8.08. The average Bonchev–Trinajstić information content (AvgIpc) is 3.01. The van der Waals surface area contributed by atoms with Crippen LogP contribution in [0.5, 0.6) is 0 Å². The van der Waals surface area contributed by atoms with Crippen molar-refractivity contribution >= 4 is 40.8 Å². The lowest BCUT2D eigenvalue weighted by molar-refractivity contribution is -0.118. The van der Waals surface area contributed by atoms with E-state index in [9.17, 15) is 4.79 Å². The number of aryl methyl sites for hydroxylation is 1. The first-order valence-electron chi connectivity index (χ1n) is 7.95. The molecular weight excluding hydrogens is 358 g/mol. The van der Waals surface area contributed by atoms with Crippen LogP contribution in [0, 0.1) is 12.8 Å². The Morgan fingerprint density at radius 2 is 1.92 bits per heavy atom. The van der Waals surface area contributed by atoms with Crippen LogP contribution in [0.1, 0.15) is 25.0 Å². The zero-order chi connectivity index (χ0) is 17.4. The van der Waals surface area contributed by atoms with Crippen molar-refractivity contribution in [2.24, 2.45) is 5.92 Å². The highest BCUT2D eigenvalue weighted by Gasteiger charge is 2.09. The lowest BCUT2D eigenvalue weighted by Crippen LogP contribution is -2.27. The maximum atomic E-state index is 11.9. The fourth-order valence-electron chi connectivity index (χ4n) is 1.96. The molecule has 0 aliphatic rings. The number of rotatable bonds is 9. The number of thioether (sulfide) groups is 2. The molecule has 0 aliphatic heterocycles. The van der Waals surface area contributed by atoms with Crippen LogP contribution in [0.4, 0.5) is 0 Å². The third-order valence-corrected chi connectivity index (χ3v) is 6.85. The van der Waals surface area contributed by atoms with Gasteiger partial charge >= 0.3 is 0 Å². The van der Waals surface area contributed by atoms with E-state index in [1.165, 1.54) is 22.9 Å². The molecule has 0 saturated heterocycles. The van der Waals surface area contributed by atoms with Gasteiger partial charge in [0.1, 0.15) is 0 Å². The standard InChI is InChI=1S/C17H23N3OS3/c1-12(2)10-22-16-19-20-17(24-16)23-11-15(21)18-9-8-14-7-5-4-6-13(14)3/h4-7,12H,8-11H2,1-3H3,(H,18,21). The van der Waals surface area contributed by atoms with Gasteiger partial charge in [0.2, 0.25) is 5.91 Å². The van der Waals surface area contributed by atoms with Crippen LogP contribution in [0.2, 0.25) is 0 Å². The van der Waals surface area contributed by atoms with Crippen molar-refractivity contribution in [2.45, 2.75) is 35.9 Å². The summed E-state index contributed by atoms with van der Waals surface area (Å²) in [5.41, 5.74) is 2.54. The van der Waals surface area contributed by atoms with Crippen LogP contribution in [-0.4, -0.2) is 34.2 Å². The lowest BCUT2D eigenvalue weighted by Gasteiger charge is -2.06. The zero-order valence-electron chi connectivity index (χ0n) is 14.2. The van der Waals surface area contributed by atoms with Gasteiger partial charge in [-0.15, -0.1) is 10.2 Å². The summed E-state index contributed by atoms with van der Waals surface area (Å²) in [5, 5.41) is 11.3. The molecule has 0 fully saturated rings. The molecule has 1 N–H and O–H groups in total. The second kappa shape index (κ2) is 10.1. The fourth-order valence-corrected chi connectivity index (χ4v) is 4.78. The number of benzene rings is 1. The Morgan fingerprint density at radius 3 is 2.62 bits per heavy atom. The largest absolute Gasteiger partial charge is 0.355 e. The van der Waals surface area contributed by atoms with Gasteiger partial charge in [-0.2, -0.15) is 0 Å². The van der Waals surface area contributed by atoms with Crippen molar-refractivity contribution < 1.29 is 4.79 Å². The van der Waals surface area contributed by atoms with Crippen molar-refractivity contribution in [3.8, 4) is 0 Å². The highest BCUT2D eigenvalue weighted by molar-refractivity contribution is 8.03. The number of carbonyl (C=O) groups excluding carboxylic acids is 1. The van der Waals surface area contributed by atoms with Crippen molar-refractivity contribution in [3.63, 3.8) is 0 Å². The first-order valence-corrected chi connectivity index (χ1v) is 10.7. The molecule has 7 heteroatoms. The van der Waals surface area contributed by atoms with Crippen LogP contribution >= 0.6 is 34.9 Å². The Balaban J connectivity index is 1.67.